The van der Waals surface area contributed by atoms with Crippen LogP contribution in [0.2, 0.25) is 0 Å². The van der Waals surface area contributed by atoms with E-state index in [0.29, 0.717) is 5.56 Å². The summed E-state index contributed by atoms with van der Waals surface area (Å²) in [4.78, 5) is 13.6. The fourth-order valence-corrected chi connectivity index (χ4v) is 2.28. The van der Waals surface area contributed by atoms with E-state index in [4.69, 9.17) is 0 Å². The molecule has 3 nitrogen and oxygen atoms in total. The van der Waals surface area contributed by atoms with Gasteiger partial charge in [-0.1, -0.05) is 38.8 Å². The van der Waals surface area contributed by atoms with Crippen LogP contribution in [-0.2, 0) is 0 Å². The molecule has 1 N–H and O–H groups in total. The molecule has 0 fully saturated rings. The van der Waals surface area contributed by atoms with Gasteiger partial charge in [0, 0.05) is 13.1 Å². The lowest BCUT2D eigenvalue weighted by Gasteiger charge is -2.28. The van der Waals surface area contributed by atoms with Crippen LogP contribution in [0.15, 0.2) is 18.2 Å². The van der Waals surface area contributed by atoms with Crippen molar-refractivity contribution < 1.29 is 9.90 Å². The lowest BCUT2D eigenvalue weighted by molar-refractivity contribution is 0.0697. The standard InChI is InChI=1S/C16H25NO2/c1-4-6-11-17(12-7-5-2)15-13(3)9-8-10-14(15)16(18)19/h8-10H,4-7,11-12H2,1-3H3,(H,18,19). The fourth-order valence-electron chi connectivity index (χ4n) is 2.28. The van der Waals surface area contributed by atoms with Gasteiger partial charge in [-0.2, -0.15) is 0 Å². The van der Waals surface area contributed by atoms with Gasteiger partial charge in [-0.3, -0.25) is 0 Å². The summed E-state index contributed by atoms with van der Waals surface area (Å²) in [7, 11) is 0. The number of unbranched alkanes of at least 4 members (excludes halogenated alkanes) is 2. The number of rotatable bonds is 8. The zero-order valence-corrected chi connectivity index (χ0v) is 12.3. The minimum absolute atomic E-state index is 0.423. The number of anilines is 1. The van der Waals surface area contributed by atoms with E-state index in [1.807, 2.05) is 19.1 Å². The minimum Gasteiger partial charge on any atom is -0.478 e. The van der Waals surface area contributed by atoms with Crippen LogP contribution in [0.5, 0.6) is 0 Å². The molecule has 106 valence electrons. The van der Waals surface area contributed by atoms with E-state index in [1.54, 1.807) is 6.07 Å². The lowest BCUT2D eigenvalue weighted by Crippen LogP contribution is -2.28. The van der Waals surface area contributed by atoms with Crippen molar-refractivity contribution in [1.29, 1.82) is 0 Å². The van der Waals surface area contributed by atoms with Gasteiger partial charge >= 0.3 is 5.97 Å². The van der Waals surface area contributed by atoms with Crippen molar-refractivity contribution in [3.8, 4) is 0 Å². The first-order valence-corrected chi connectivity index (χ1v) is 7.19. The average molecular weight is 263 g/mol. The van der Waals surface area contributed by atoms with Crippen molar-refractivity contribution in [3.63, 3.8) is 0 Å². The molecule has 3 heteroatoms. The van der Waals surface area contributed by atoms with Crippen molar-refractivity contribution in [1.82, 2.24) is 0 Å². The van der Waals surface area contributed by atoms with Crippen LogP contribution < -0.4 is 4.90 Å². The van der Waals surface area contributed by atoms with E-state index in [9.17, 15) is 9.90 Å². The van der Waals surface area contributed by atoms with Crippen LogP contribution in [0.3, 0.4) is 0 Å². The summed E-state index contributed by atoms with van der Waals surface area (Å²) >= 11 is 0. The van der Waals surface area contributed by atoms with Crippen molar-refractivity contribution in [2.45, 2.75) is 46.5 Å². The number of nitrogens with zero attached hydrogens (tertiary/aromatic N) is 1. The predicted molar refractivity (Wildman–Crippen MR) is 80.2 cm³/mol. The summed E-state index contributed by atoms with van der Waals surface area (Å²) in [5.41, 5.74) is 2.37. The lowest BCUT2D eigenvalue weighted by atomic mass is 10.1. The molecule has 0 aliphatic rings. The molecule has 0 aromatic heterocycles. The van der Waals surface area contributed by atoms with E-state index >= 15 is 0 Å². The Hall–Kier alpha value is -1.51. The molecule has 0 saturated heterocycles. The maximum Gasteiger partial charge on any atom is 0.337 e. The van der Waals surface area contributed by atoms with Crippen LogP contribution in [0, 0.1) is 6.92 Å². The summed E-state index contributed by atoms with van der Waals surface area (Å²) in [5.74, 6) is -0.836. The zero-order valence-electron chi connectivity index (χ0n) is 12.3. The number of carboxylic acids is 1. The van der Waals surface area contributed by atoms with Crippen LogP contribution >= 0.6 is 0 Å². The van der Waals surface area contributed by atoms with E-state index < -0.39 is 5.97 Å². The number of hydrogen-bond acceptors (Lipinski definition) is 2. The molecular formula is C16H25NO2. The SMILES string of the molecule is CCCCN(CCCC)c1c(C)cccc1C(=O)O. The van der Waals surface area contributed by atoms with E-state index in [-0.39, 0.29) is 0 Å². The van der Waals surface area contributed by atoms with Crippen LogP contribution in [0.1, 0.15) is 55.5 Å². The highest BCUT2D eigenvalue weighted by molar-refractivity contribution is 5.95. The maximum absolute atomic E-state index is 11.4. The second-order valence-electron chi connectivity index (χ2n) is 4.97. The Labute approximate surface area is 116 Å². The predicted octanol–water partition coefficient (Wildman–Crippen LogP) is 4.10. The maximum atomic E-state index is 11.4. The number of benzene rings is 1. The van der Waals surface area contributed by atoms with Crippen LogP contribution in [-0.4, -0.2) is 24.2 Å². The molecular weight excluding hydrogens is 238 g/mol. The van der Waals surface area contributed by atoms with Gasteiger partial charge < -0.3 is 10.0 Å². The summed E-state index contributed by atoms with van der Waals surface area (Å²) < 4.78 is 0. The molecule has 19 heavy (non-hydrogen) atoms. The van der Waals surface area contributed by atoms with Gasteiger partial charge in [0.15, 0.2) is 0 Å². The second-order valence-corrected chi connectivity index (χ2v) is 4.97. The number of aromatic carboxylic acids is 1. The molecule has 0 bridgehead atoms. The molecule has 0 aliphatic heterocycles. The minimum atomic E-state index is -0.836. The first kappa shape index (κ1) is 15.5. The number of carboxylic acid groups (broad SMARTS) is 1. The Morgan fingerprint density at radius 3 is 2.21 bits per heavy atom. The molecule has 0 atom stereocenters. The Morgan fingerprint density at radius 1 is 1.16 bits per heavy atom. The molecule has 0 spiro atoms. The van der Waals surface area contributed by atoms with Gasteiger partial charge in [0.2, 0.25) is 0 Å². The molecule has 1 aromatic carbocycles. The summed E-state index contributed by atoms with van der Waals surface area (Å²) in [5, 5.41) is 9.36. The van der Waals surface area contributed by atoms with Crippen molar-refractivity contribution in [2.75, 3.05) is 18.0 Å². The van der Waals surface area contributed by atoms with Crippen molar-refractivity contribution in [3.05, 3.63) is 29.3 Å². The van der Waals surface area contributed by atoms with Gasteiger partial charge in [-0.25, -0.2) is 4.79 Å². The third-order valence-electron chi connectivity index (χ3n) is 3.35. The summed E-state index contributed by atoms with van der Waals surface area (Å²) in [6, 6.07) is 5.52. The first-order valence-electron chi connectivity index (χ1n) is 7.19. The summed E-state index contributed by atoms with van der Waals surface area (Å²) in [6.45, 7) is 8.18. The quantitative estimate of drug-likeness (QED) is 0.767. The summed E-state index contributed by atoms with van der Waals surface area (Å²) in [6.07, 6.45) is 4.43. The van der Waals surface area contributed by atoms with Crippen molar-refractivity contribution in [2.24, 2.45) is 0 Å². The van der Waals surface area contributed by atoms with Gasteiger partial charge in [-0.05, 0) is 31.4 Å². The van der Waals surface area contributed by atoms with E-state index in [0.717, 1.165) is 50.0 Å². The number of para-hydroxylation sites is 1. The molecule has 0 radical (unpaired) electrons. The molecule has 0 saturated carbocycles. The molecule has 1 rings (SSSR count). The highest BCUT2D eigenvalue weighted by Gasteiger charge is 2.17. The largest absolute Gasteiger partial charge is 0.478 e. The Morgan fingerprint density at radius 2 is 1.74 bits per heavy atom. The highest BCUT2D eigenvalue weighted by atomic mass is 16.4. The normalized spacial score (nSPS) is 10.5. The number of aryl methyl sites for hydroxylation is 1. The number of carbonyl (C=O) groups is 1. The third kappa shape index (κ3) is 4.27. The van der Waals surface area contributed by atoms with Gasteiger partial charge in [0.1, 0.15) is 0 Å². The highest BCUT2D eigenvalue weighted by Crippen LogP contribution is 2.26. The second kappa shape index (κ2) is 7.82. The van der Waals surface area contributed by atoms with Gasteiger partial charge in [0.05, 0.1) is 11.3 Å². The van der Waals surface area contributed by atoms with Crippen LogP contribution in [0.25, 0.3) is 0 Å². The smallest absolute Gasteiger partial charge is 0.337 e. The molecule has 0 unspecified atom stereocenters. The first-order chi connectivity index (χ1) is 9.11. The number of hydrogen-bond donors (Lipinski definition) is 1. The Bertz CT molecular complexity index is 407. The Kier molecular flexibility index (Phi) is 6.40. The molecule has 0 amide bonds. The molecule has 1 aromatic rings. The Balaban J connectivity index is 3.08. The van der Waals surface area contributed by atoms with Crippen LogP contribution in [0.4, 0.5) is 5.69 Å². The third-order valence-corrected chi connectivity index (χ3v) is 3.35. The van der Waals surface area contributed by atoms with E-state index in [1.165, 1.54) is 0 Å². The van der Waals surface area contributed by atoms with Crippen molar-refractivity contribution >= 4 is 11.7 Å². The molecule has 0 aliphatic carbocycles. The average Bonchev–Trinajstić information content (AvgIpc) is 2.39. The topological polar surface area (TPSA) is 40.5 Å². The monoisotopic (exact) mass is 263 g/mol. The van der Waals surface area contributed by atoms with E-state index in [2.05, 4.69) is 18.7 Å². The molecule has 0 heterocycles. The fraction of sp³-hybridized carbons (Fsp3) is 0.562. The van der Waals surface area contributed by atoms with Gasteiger partial charge in [-0.15, -0.1) is 0 Å². The zero-order chi connectivity index (χ0) is 14.3. The van der Waals surface area contributed by atoms with Gasteiger partial charge in [0.25, 0.3) is 0 Å².